The Hall–Kier alpha value is -1.81. The molecule has 0 spiro atoms. The average Bonchev–Trinajstić information content (AvgIpc) is 2.41. The number of nitrogens with zero attached hydrogens (tertiary/aromatic N) is 2. The van der Waals surface area contributed by atoms with Crippen LogP contribution in [0.5, 0.6) is 0 Å². The van der Waals surface area contributed by atoms with E-state index in [1.165, 1.54) is 4.90 Å². The van der Waals surface area contributed by atoms with Crippen LogP contribution in [0.1, 0.15) is 6.92 Å². The normalized spacial score (nSPS) is 10.7. The van der Waals surface area contributed by atoms with Crippen molar-refractivity contribution < 1.29 is 0 Å². The zero-order valence-electron chi connectivity index (χ0n) is 10.2. The molecule has 2 aromatic rings. The van der Waals surface area contributed by atoms with Crippen LogP contribution >= 0.6 is 11.8 Å². The standard InChI is InChI=1S/C14H15N3S/c1-2-18-14-10-6-9-13(11-14)16-17-15-12-7-4-3-5-8-12/h3-11H,2H2,1H3,(H,15,16). The van der Waals surface area contributed by atoms with Gasteiger partial charge in [-0.2, -0.15) is 0 Å². The molecule has 18 heavy (non-hydrogen) atoms. The molecule has 0 amide bonds. The molecule has 2 aromatic carbocycles. The van der Waals surface area contributed by atoms with Crippen LogP contribution in [-0.4, -0.2) is 5.75 Å². The number of benzene rings is 2. The van der Waals surface area contributed by atoms with Crippen molar-refractivity contribution in [2.75, 3.05) is 11.2 Å². The Morgan fingerprint density at radius 1 is 1.06 bits per heavy atom. The van der Waals surface area contributed by atoms with Gasteiger partial charge in [-0.25, -0.2) is 0 Å². The quantitative estimate of drug-likeness (QED) is 0.469. The van der Waals surface area contributed by atoms with Gasteiger partial charge in [-0.1, -0.05) is 36.4 Å². The first kappa shape index (κ1) is 12.6. The molecule has 0 aliphatic heterocycles. The Kier molecular flexibility index (Phi) is 4.78. The molecule has 0 radical (unpaired) electrons. The second kappa shape index (κ2) is 6.81. The Morgan fingerprint density at radius 3 is 2.67 bits per heavy atom. The lowest BCUT2D eigenvalue weighted by Gasteiger charge is -2.02. The van der Waals surface area contributed by atoms with Gasteiger partial charge in [0, 0.05) is 4.90 Å². The highest BCUT2D eigenvalue weighted by atomic mass is 32.2. The van der Waals surface area contributed by atoms with Gasteiger partial charge in [-0.15, -0.1) is 16.9 Å². The molecular weight excluding hydrogens is 242 g/mol. The Morgan fingerprint density at radius 2 is 1.89 bits per heavy atom. The predicted octanol–water partition coefficient (Wildman–Crippen LogP) is 4.91. The molecule has 0 aliphatic carbocycles. The summed E-state index contributed by atoms with van der Waals surface area (Å²) in [6.45, 7) is 2.14. The molecule has 0 unspecified atom stereocenters. The SMILES string of the molecule is CCSc1cccc(NN=Nc2ccccc2)c1. The maximum Gasteiger partial charge on any atom is 0.0874 e. The molecule has 0 bridgehead atoms. The fraction of sp³-hybridized carbons (Fsp3) is 0.143. The van der Waals surface area contributed by atoms with Crippen LogP contribution in [0.4, 0.5) is 11.4 Å². The fourth-order valence-corrected chi connectivity index (χ4v) is 2.18. The van der Waals surface area contributed by atoms with Gasteiger partial charge in [0.1, 0.15) is 0 Å². The lowest BCUT2D eigenvalue weighted by molar-refractivity contribution is 1.13. The maximum atomic E-state index is 4.08. The van der Waals surface area contributed by atoms with Crippen molar-refractivity contribution in [3.63, 3.8) is 0 Å². The topological polar surface area (TPSA) is 36.8 Å². The summed E-state index contributed by atoms with van der Waals surface area (Å²) in [6.07, 6.45) is 0. The molecule has 3 nitrogen and oxygen atoms in total. The van der Waals surface area contributed by atoms with Gasteiger partial charge in [-0.3, -0.25) is 5.43 Å². The van der Waals surface area contributed by atoms with Gasteiger partial charge in [0.05, 0.1) is 11.4 Å². The first-order valence-corrected chi connectivity index (χ1v) is 6.81. The first-order chi connectivity index (χ1) is 8.88. The predicted molar refractivity (Wildman–Crippen MR) is 77.4 cm³/mol. The fourth-order valence-electron chi connectivity index (χ4n) is 1.46. The highest BCUT2D eigenvalue weighted by Crippen LogP contribution is 2.21. The van der Waals surface area contributed by atoms with E-state index in [1.807, 2.05) is 54.2 Å². The molecule has 0 atom stereocenters. The molecular formula is C14H15N3S. The van der Waals surface area contributed by atoms with Crippen LogP contribution in [-0.2, 0) is 0 Å². The Labute approximate surface area is 111 Å². The molecule has 0 saturated heterocycles. The van der Waals surface area contributed by atoms with E-state index in [-0.39, 0.29) is 0 Å². The van der Waals surface area contributed by atoms with E-state index in [4.69, 9.17) is 0 Å². The number of rotatable bonds is 5. The van der Waals surface area contributed by atoms with E-state index < -0.39 is 0 Å². The first-order valence-electron chi connectivity index (χ1n) is 5.83. The molecule has 0 aliphatic rings. The summed E-state index contributed by atoms with van der Waals surface area (Å²) in [4.78, 5) is 1.23. The zero-order valence-corrected chi connectivity index (χ0v) is 11.0. The summed E-state index contributed by atoms with van der Waals surface area (Å²) in [6, 6.07) is 17.8. The van der Waals surface area contributed by atoms with Gasteiger partial charge >= 0.3 is 0 Å². The van der Waals surface area contributed by atoms with Crippen LogP contribution in [0, 0.1) is 0 Å². The van der Waals surface area contributed by atoms with Crippen LogP contribution < -0.4 is 5.43 Å². The van der Waals surface area contributed by atoms with E-state index in [0.717, 1.165) is 17.1 Å². The van der Waals surface area contributed by atoms with Gasteiger partial charge < -0.3 is 0 Å². The lowest BCUT2D eigenvalue weighted by Crippen LogP contribution is -1.86. The molecule has 0 fully saturated rings. The van der Waals surface area contributed by atoms with E-state index in [2.05, 4.69) is 34.8 Å². The van der Waals surface area contributed by atoms with E-state index in [0.29, 0.717) is 0 Å². The van der Waals surface area contributed by atoms with Gasteiger partial charge in [0.15, 0.2) is 0 Å². The van der Waals surface area contributed by atoms with Crippen molar-refractivity contribution in [1.29, 1.82) is 0 Å². The summed E-state index contributed by atoms with van der Waals surface area (Å²) in [7, 11) is 0. The van der Waals surface area contributed by atoms with Gasteiger partial charge in [0.2, 0.25) is 0 Å². The number of anilines is 1. The van der Waals surface area contributed by atoms with Gasteiger partial charge in [-0.05, 0) is 36.1 Å². The summed E-state index contributed by atoms with van der Waals surface area (Å²) in [5.74, 6) is 1.06. The number of nitrogens with one attached hydrogen (secondary N) is 1. The van der Waals surface area contributed by atoms with Crippen LogP contribution in [0.3, 0.4) is 0 Å². The van der Waals surface area contributed by atoms with Crippen molar-refractivity contribution in [3.05, 3.63) is 54.6 Å². The maximum absolute atomic E-state index is 4.08. The minimum absolute atomic E-state index is 0.837. The molecule has 0 aromatic heterocycles. The number of hydrogen-bond donors (Lipinski definition) is 1. The lowest BCUT2D eigenvalue weighted by atomic mass is 10.3. The third kappa shape index (κ3) is 3.89. The zero-order chi connectivity index (χ0) is 12.6. The second-order valence-electron chi connectivity index (χ2n) is 3.61. The molecule has 2 rings (SSSR count). The second-order valence-corrected chi connectivity index (χ2v) is 4.95. The van der Waals surface area contributed by atoms with E-state index in [1.54, 1.807) is 0 Å². The van der Waals surface area contributed by atoms with E-state index in [9.17, 15) is 0 Å². The Balaban J connectivity index is 1.97. The summed E-state index contributed by atoms with van der Waals surface area (Å²) in [5.41, 5.74) is 4.73. The van der Waals surface area contributed by atoms with Crippen LogP contribution in [0.25, 0.3) is 0 Å². The molecule has 0 saturated carbocycles. The van der Waals surface area contributed by atoms with Crippen molar-refractivity contribution in [2.24, 2.45) is 10.3 Å². The van der Waals surface area contributed by atoms with Crippen molar-refractivity contribution in [2.45, 2.75) is 11.8 Å². The highest BCUT2D eigenvalue weighted by molar-refractivity contribution is 7.99. The van der Waals surface area contributed by atoms with E-state index >= 15 is 0 Å². The van der Waals surface area contributed by atoms with Crippen molar-refractivity contribution in [3.8, 4) is 0 Å². The molecule has 92 valence electrons. The molecule has 0 heterocycles. The van der Waals surface area contributed by atoms with Crippen LogP contribution in [0.2, 0.25) is 0 Å². The number of thioether (sulfide) groups is 1. The molecule has 1 N–H and O–H groups in total. The minimum Gasteiger partial charge on any atom is -0.260 e. The Bertz CT molecular complexity index is 511. The largest absolute Gasteiger partial charge is 0.260 e. The minimum atomic E-state index is 0.837. The third-order valence-corrected chi connectivity index (χ3v) is 3.12. The van der Waals surface area contributed by atoms with Crippen molar-refractivity contribution in [1.82, 2.24) is 0 Å². The van der Waals surface area contributed by atoms with Crippen LogP contribution in [0.15, 0.2) is 69.8 Å². The number of hydrogen-bond acceptors (Lipinski definition) is 3. The summed E-state index contributed by atoms with van der Waals surface area (Å²) in [5, 5.41) is 8.06. The monoisotopic (exact) mass is 257 g/mol. The average molecular weight is 257 g/mol. The smallest absolute Gasteiger partial charge is 0.0874 e. The van der Waals surface area contributed by atoms with Crippen molar-refractivity contribution >= 4 is 23.1 Å². The highest BCUT2D eigenvalue weighted by Gasteiger charge is 1.94. The van der Waals surface area contributed by atoms with Gasteiger partial charge in [0.25, 0.3) is 0 Å². The third-order valence-electron chi connectivity index (χ3n) is 2.25. The summed E-state index contributed by atoms with van der Waals surface area (Å²) < 4.78 is 0. The molecule has 4 heteroatoms. The summed E-state index contributed by atoms with van der Waals surface area (Å²) >= 11 is 1.81.